The molecule has 72 valence electrons. The number of benzene rings is 1. The van der Waals surface area contributed by atoms with E-state index < -0.39 is 0 Å². The maximum Gasteiger partial charge on any atom is 0.125 e. The molecule has 0 atom stereocenters. The van der Waals surface area contributed by atoms with Crippen LogP contribution < -0.4 is 0 Å². The van der Waals surface area contributed by atoms with Crippen molar-refractivity contribution in [2.45, 2.75) is 6.92 Å². The predicted molar refractivity (Wildman–Crippen MR) is 64.2 cm³/mol. The predicted octanol–water partition coefficient (Wildman–Crippen LogP) is 3.94. The topological polar surface area (TPSA) is 12.9 Å². The average molecular weight is 322 g/mol. The fourth-order valence-corrected chi connectivity index (χ4v) is 2.00. The Morgan fingerprint density at radius 1 is 1.43 bits per heavy atom. The standard InChI is InChI=1S/C10H6ClFIN/c1-5-10(13)9(11)7-3-2-6(12)4-8(7)14-5/h2-4H,1H3. The Hall–Kier alpha value is -0.420. The van der Waals surface area contributed by atoms with Gasteiger partial charge >= 0.3 is 0 Å². The van der Waals surface area contributed by atoms with Crippen LogP contribution in [-0.4, -0.2) is 4.98 Å². The molecule has 1 aromatic heterocycles. The van der Waals surface area contributed by atoms with Crippen LogP contribution in [0.1, 0.15) is 5.69 Å². The molecule has 0 N–H and O–H groups in total. The number of aromatic nitrogens is 1. The van der Waals surface area contributed by atoms with Gasteiger partial charge in [0.05, 0.1) is 19.8 Å². The first-order valence-electron chi connectivity index (χ1n) is 4.00. The lowest BCUT2D eigenvalue weighted by Gasteiger charge is -2.05. The molecule has 0 saturated heterocycles. The average Bonchev–Trinajstić information content (AvgIpc) is 2.14. The van der Waals surface area contributed by atoms with E-state index in [1.54, 1.807) is 6.07 Å². The molecular formula is C10H6ClFIN. The van der Waals surface area contributed by atoms with Crippen molar-refractivity contribution < 1.29 is 4.39 Å². The van der Waals surface area contributed by atoms with Crippen molar-refractivity contribution in [3.05, 3.63) is 38.3 Å². The van der Waals surface area contributed by atoms with Crippen molar-refractivity contribution in [3.8, 4) is 0 Å². The number of hydrogen-bond donors (Lipinski definition) is 0. The number of aryl methyl sites for hydroxylation is 1. The molecule has 0 aliphatic rings. The van der Waals surface area contributed by atoms with Gasteiger partial charge in [0.15, 0.2) is 0 Å². The first-order valence-corrected chi connectivity index (χ1v) is 5.46. The van der Waals surface area contributed by atoms with Crippen molar-refractivity contribution in [1.82, 2.24) is 4.98 Å². The van der Waals surface area contributed by atoms with Gasteiger partial charge in [0.2, 0.25) is 0 Å². The smallest absolute Gasteiger partial charge is 0.125 e. The number of hydrogen-bond acceptors (Lipinski definition) is 1. The van der Waals surface area contributed by atoms with E-state index in [1.165, 1.54) is 12.1 Å². The summed E-state index contributed by atoms with van der Waals surface area (Å²) in [4.78, 5) is 4.26. The fourth-order valence-electron chi connectivity index (χ4n) is 1.29. The van der Waals surface area contributed by atoms with Gasteiger partial charge < -0.3 is 0 Å². The Balaban J connectivity index is 2.91. The van der Waals surface area contributed by atoms with Crippen molar-refractivity contribution in [2.75, 3.05) is 0 Å². The molecule has 0 radical (unpaired) electrons. The SMILES string of the molecule is Cc1nc2cc(F)ccc2c(Cl)c1I. The second kappa shape index (κ2) is 3.62. The van der Waals surface area contributed by atoms with E-state index in [-0.39, 0.29) is 5.82 Å². The zero-order chi connectivity index (χ0) is 10.3. The normalized spacial score (nSPS) is 10.9. The zero-order valence-electron chi connectivity index (χ0n) is 7.31. The van der Waals surface area contributed by atoms with E-state index in [0.717, 1.165) is 14.7 Å². The third kappa shape index (κ3) is 1.59. The lowest BCUT2D eigenvalue weighted by Crippen LogP contribution is -1.91. The molecule has 0 aliphatic heterocycles. The van der Waals surface area contributed by atoms with Crippen LogP contribution in [0.3, 0.4) is 0 Å². The second-order valence-corrected chi connectivity index (χ2v) is 4.44. The Morgan fingerprint density at radius 2 is 2.14 bits per heavy atom. The highest BCUT2D eigenvalue weighted by molar-refractivity contribution is 14.1. The third-order valence-electron chi connectivity index (χ3n) is 1.99. The van der Waals surface area contributed by atoms with Crippen LogP contribution in [0.2, 0.25) is 5.02 Å². The summed E-state index contributed by atoms with van der Waals surface area (Å²) in [7, 11) is 0. The van der Waals surface area contributed by atoms with Crippen LogP contribution >= 0.6 is 34.2 Å². The van der Waals surface area contributed by atoms with E-state index >= 15 is 0 Å². The van der Waals surface area contributed by atoms with Crippen molar-refractivity contribution in [2.24, 2.45) is 0 Å². The van der Waals surface area contributed by atoms with E-state index in [2.05, 4.69) is 27.6 Å². The molecule has 1 aromatic carbocycles. The van der Waals surface area contributed by atoms with Gasteiger partial charge in [-0.2, -0.15) is 0 Å². The maximum absolute atomic E-state index is 12.9. The van der Waals surface area contributed by atoms with Gasteiger partial charge in [0, 0.05) is 11.5 Å². The summed E-state index contributed by atoms with van der Waals surface area (Å²) < 4.78 is 13.8. The Bertz CT molecular complexity index is 513. The minimum absolute atomic E-state index is 0.290. The molecular weight excluding hydrogens is 315 g/mol. The number of fused-ring (bicyclic) bond motifs is 1. The molecule has 14 heavy (non-hydrogen) atoms. The quantitative estimate of drug-likeness (QED) is 0.670. The van der Waals surface area contributed by atoms with Crippen LogP contribution in [0.15, 0.2) is 18.2 Å². The zero-order valence-corrected chi connectivity index (χ0v) is 10.2. The summed E-state index contributed by atoms with van der Waals surface area (Å²) in [6.45, 7) is 1.86. The van der Waals surface area contributed by atoms with Gasteiger partial charge in [-0.1, -0.05) is 11.6 Å². The highest BCUT2D eigenvalue weighted by atomic mass is 127. The second-order valence-electron chi connectivity index (χ2n) is 2.99. The molecule has 0 fully saturated rings. The Labute approximate surface area is 99.4 Å². The molecule has 0 unspecified atom stereocenters. The molecule has 1 nitrogen and oxygen atoms in total. The first kappa shape index (κ1) is 10.1. The third-order valence-corrected chi connectivity index (χ3v) is 4.03. The molecule has 4 heteroatoms. The summed E-state index contributed by atoms with van der Waals surface area (Å²) >= 11 is 8.25. The van der Waals surface area contributed by atoms with Gasteiger partial charge in [0.25, 0.3) is 0 Å². The lowest BCUT2D eigenvalue weighted by atomic mass is 10.2. The number of halogens is 3. The number of pyridine rings is 1. The van der Waals surface area contributed by atoms with Crippen LogP contribution in [0.5, 0.6) is 0 Å². The Kier molecular flexibility index (Phi) is 2.62. The highest BCUT2D eigenvalue weighted by Crippen LogP contribution is 2.29. The van der Waals surface area contributed by atoms with E-state index in [4.69, 9.17) is 11.6 Å². The monoisotopic (exact) mass is 321 g/mol. The van der Waals surface area contributed by atoms with Crippen LogP contribution in [0.25, 0.3) is 10.9 Å². The van der Waals surface area contributed by atoms with Gasteiger partial charge in [-0.05, 0) is 41.6 Å². The summed E-state index contributed by atoms with van der Waals surface area (Å²) in [5, 5.41) is 1.44. The van der Waals surface area contributed by atoms with E-state index in [0.29, 0.717) is 10.5 Å². The lowest BCUT2D eigenvalue weighted by molar-refractivity contribution is 0.629. The number of rotatable bonds is 0. The van der Waals surface area contributed by atoms with Crippen LogP contribution in [0, 0.1) is 16.3 Å². The summed E-state index contributed by atoms with van der Waals surface area (Å²) in [6.07, 6.45) is 0. The summed E-state index contributed by atoms with van der Waals surface area (Å²) in [5.74, 6) is -0.290. The number of nitrogens with zero attached hydrogens (tertiary/aromatic N) is 1. The van der Waals surface area contributed by atoms with Gasteiger partial charge in [-0.3, -0.25) is 4.98 Å². The summed E-state index contributed by atoms with van der Waals surface area (Å²) in [6, 6.07) is 4.44. The van der Waals surface area contributed by atoms with Gasteiger partial charge in [-0.15, -0.1) is 0 Å². The molecule has 0 amide bonds. The molecule has 1 heterocycles. The Morgan fingerprint density at radius 3 is 2.86 bits per heavy atom. The van der Waals surface area contributed by atoms with Crippen LogP contribution in [-0.2, 0) is 0 Å². The molecule has 2 rings (SSSR count). The van der Waals surface area contributed by atoms with Gasteiger partial charge in [0.1, 0.15) is 5.82 Å². The van der Waals surface area contributed by atoms with Gasteiger partial charge in [-0.25, -0.2) is 4.39 Å². The molecule has 0 spiro atoms. The highest BCUT2D eigenvalue weighted by Gasteiger charge is 2.08. The molecule has 0 aliphatic carbocycles. The van der Waals surface area contributed by atoms with Crippen LogP contribution in [0.4, 0.5) is 4.39 Å². The van der Waals surface area contributed by atoms with Crippen molar-refractivity contribution in [3.63, 3.8) is 0 Å². The van der Waals surface area contributed by atoms with Crippen molar-refractivity contribution in [1.29, 1.82) is 0 Å². The van der Waals surface area contributed by atoms with E-state index in [1.807, 2.05) is 6.92 Å². The molecule has 0 bridgehead atoms. The minimum atomic E-state index is -0.290. The summed E-state index contributed by atoms with van der Waals surface area (Å²) in [5.41, 5.74) is 1.43. The first-order chi connectivity index (χ1) is 6.59. The minimum Gasteiger partial charge on any atom is -0.252 e. The molecule has 0 saturated carbocycles. The largest absolute Gasteiger partial charge is 0.252 e. The molecule has 2 aromatic rings. The maximum atomic E-state index is 12.9. The van der Waals surface area contributed by atoms with E-state index in [9.17, 15) is 4.39 Å². The van der Waals surface area contributed by atoms with Crippen molar-refractivity contribution >= 4 is 45.1 Å². The fraction of sp³-hybridized carbons (Fsp3) is 0.100.